The van der Waals surface area contributed by atoms with Gasteiger partial charge in [-0.1, -0.05) is 44.5 Å². The molecule has 0 radical (unpaired) electrons. The van der Waals surface area contributed by atoms with E-state index in [1.54, 1.807) is 0 Å². The number of fused-ring (bicyclic) bond motifs is 3. The number of aromatic nitrogens is 3. The summed E-state index contributed by atoms with van der Waals surface area (Å²) >= 11 is 0. The molecule has 0 unspecified atom stereocenters. The van der Waals surface area contributed by atoms with Crippen molar-refractivity contribution in [1.29, 1.82) is 5.26 Å². The third-order valence-electron chi connectivity index (χ3n) is 5.02. The Balaban J connectivity index is 2.01. The van der Waals surface area contributed by atoms with Gasteiger partial charge in [0, 0.05) is 12.0 Å². The summed E-state index contributed by atoms with van der Waals surface area (Å²) in [6.07, 6.45) is 0.799. The maximum absolute atomic E-state index is 9.39. The average molecular weight is 342 g/mol. The van der Waals surface area contributed by atoms with Gasteiger partial charge < -0.3 is 0 Å². The van der Waals surface area contributed by atoms with Crippen LogP contribution in [0.5, 0.6) is 0 Å². The first-order valence-electron chi connectivity index (χ1n) is 8.89. The molecule has 0 aliphatic carbocycles. The van der Waals surface area contributed by atoms with Gasteiger partial charge in [-0.3, -0.25) is 4.57 Å². The fourth-order valence-electron chi connectivity index (χ4n) is 3.97. The van der Waals surface area contributed by atoms with Crippen LogP contribution >= 0.6 is 0 Å². The lowest BCUT2D eigenvalue weighted by atomic mass is 9.83. The van der Waals surface area contributed by atoms with Crippen molar-refractivity contribution >= 4 is 0 Å². The van der Waals surface area contributed by atoms with Gasteiger partial charge in [0.15, 0.2) is 5.82 Å². The predicted molar refractivity (Wildman–Crippen MR) is 102 cm³/mol. The molecule has 0 spiro atoms. The highest BCUT2D eigenvalue weighted by atomic mass is 15.3. The van der Waals surface area contributed by atoms with Crippen LogP contribution in [0, 0.1) is 25.2 Å². The molecule has 2 heterocycles. The van der Waals surface area contributed by atoms with Gasteiger partial charge in [-0.15, -0.1) is 10.2 Å². The largest absolute Gasteiger partial charge is 0.278 e. The molecule has 0 fully saturated rings. The highest BCUT2D eigenvalue weighted by Gasteiger charge is 2.29. The molecule has 4 heteroatoms. The lowest BCUT2D eigenvalue weighted by Gasteiger charge is -2.23. The van der Waals surface area contributed by atoms with Crippen LogP contribution in [0.2, 0.25) is 0 Å². The summed E-state index contributed by atoms with van der Waals surface area (Å²) in [5.74, 6) is 1.79. The second-order valence-corrected chi connectivity index (χ2v) is 8.16. The second kappa shape index (κ2) is 5.54. The van der Waals surface area contributed by atoms with E-state index in [2.05, 4.69) is 67.6 Å². The number of rotatable bonds is 1. The van der Waals surface area contributed by atoms with Gasteiger partial charge in [-0.2, -0.15) is 5.26 Å². The molecule has 2 aromatic carbocycles. The normalized spacial score (nSPS) is 12.6. The molecule has 0 N–H and O–H groups in total. The zero-order chi connectivity index (χ0) is 18.6. The molecular weight excluding hydrogens is 320 g/mol. The molecule has 4 rings (SSSR count). The Hall–Kier alpha value is -2.93. The average Bonchev–Trinajstić information content (AvgIpc) is 3.11. The third kappa shape index (κ3) is 2.43. The number of nitrogens with zero attached hydrogens (tertiary/aromatic N) is 4. The van der Waals surface area contributed by atoms with Gasteiger partial charge in [-0.05, 0) is 48.1 Å². The Kier molecular flexibility index (Phi) is 3.52. The van der Waals surface area contributed by atoms with Gasteiger partial charge in [0.2, 0.25) is 0 Å². The van der Waals surface area contributed by atoms with E-state index < -0.39 is 0 Å². The summed E-state index contributed by atoms with van der Waals surface area (Å²) in [6.45, 7) is 10.8. The molecule has 0 atom stereocenters. The molecule has 1 aliphatic heterocycles. The lowest BCUT2D eigenvalue weighted by Crippen LogP contribution is -2.14. The van der Waals surface area contributed by atoms with E-state index in [0.717, 1.165) is 23.6 Å². The zero-order valence-corrected chi connectivity index (χ0v) is 15.9. The van der Waals surface area contributed by atoms with Crippen LogP contribution in [0.15, 0.2) is 30.3 Å². The predicted octanol–water partition coefficient (Wildman–Crippen LogP) is 4.62. The molecule has 1 aromatic heterocycles. The van der Waals surface area contributed by atoms with Crippen molar-refractivity contribution in [2.75, 3.05) is 0 Å². The topological polar surface area (TPSA) is 54.5 Å². The first kappa shape index (κ1) is 16.5. The highest BCUT2D eigenvalue weighted by Crippen LogP contribution is 2.38. The Morgan fingerprint density at radius 3 is 2.54 bits per heavy atom. The van der Waals surface area contributed by atoms with Crippen LogP contribution in [-0.2, 0) is 11.8 Å². The van der Waals surface area contributed by atoms with Crippen molar-refractivity contribution in [2.24, 2.45) is 0 Å². The van der Waals surface area contributed by atoms with E-state index in [-0.39, 0.29) is 5.41 Å². The SMILES string of the molecule is Cc1cc(C)c2c(c1)Cc1nnc(-c3cc(C#N)ccc3C(C)(C)C)n1-2. The second-order valence-electron chi connectivity index (χ2n) is 8.16. The Morgan fingerprint density at radius 2 is 1.85 bits per heavy atom. The number of hydrogen-bond acceptors (Lipinski definition) is 3. The summed E-state index contributed by atoms with van der Waals surface area (Å²) in [6, 6.07) is 12.6. The van der Waals surface area contributed by atoms with Crippen LogP contribution in [-0.4, -0.2) is 14.8 Å². The van der Waals surface area contributed by atoms with Crippen molar-refractivity contribution in [3.8, 4) is 23.1 Å². The van der Waals surface area contributed by atoms with Crippen LogP contribution in [0.1, 0.15) is 54.4 Å². The van der Waals surface area contributed by atoms with E-state index in [0.29, 0.717) is 5.56 Å². The maximum atomic E-state index is 9.39. The standard InChI is InChI=1S/C22H22N4/c1-13-8-14(2)20-16(9-13)11-19-24-25-21(26(19)20)17-10-15(12-23)6-7-18(17)22(3,4)5/h6-10H,11H2,1-5H3. The van der Waals surface area contributed by atoms with Crippen molar-refractivity contribution in [2.45, 2.75) is 46.5 Å². The van der Waals surface area contributed by atoms with Crippen LogP contribution < -0.4 is 0 Å². The molecule has 0 saturated heterocycles. The van der Waals surface area contributed by atoms with Gasteiger partial charge in [0.1, 0.15) is 5.82 Å². The summed E-state index contributed by atoms with van der Waals surface area (Å²) in [7, 11) is 0. The molecule has 1 aliphatic rings. The van der Waals surface area contributed by atoms with Crippen LogP contribution in [0.3, 0.4) is 0 Å². The molecule has 130 valence electrons. The fraction of sp³-hybridized carbons (Fsp3) is 0.318. The minimum atomic E-state index is -0.0561. The van der Waals surface area contributed by atoms with Gasteiger partial charge in [0.25, 0.3) is 0 Å². The van der Waals surface area contributed by atoms with Crippen molar-refractivity contribution < 1.29 is 0 Å². The Labute approximate surface area is 154 Å². The number of hydrogen-bond donors (Lipinski definition) is 0. The van der Waals surface area contributed by atoms with E-state index in [9.17, 15) is 5.26 Å². The van der Waals surface area contributed by atoms with Crippen molar-refractivity contribution in [1.82, 2.24) is 14.8 Å². The quantitative estimate of drug-likeness (QED) is 0.507. The molecule has 26 heavy (non-hydrogen) atoms. The summed E-state index contributed by atoms with van der Waals surface area (Å²) < 4.78 is 2.18. The molecule has 3 aromatic rings. The van der Waals surface area contributed by atoms with Crippen LogP contribution in [0.25, 0.3) is 17.1 Å². The number of benzene rings is 2. The molecule has 0 saturated carbocycles. The van der Waals surface area contributed by atoms with E-state index in [1.807, 2.05) is 18.2 Å². The summed E-state index contributed by atoms with van der Waals surface area (Å²) in [5.41, 5.74) is 7.73. The summed E-state index contributed by atoms with van der Waals surface area (Å²) in [5, 5.41) is 18.4. The number of nitriles is 1. The third-order valence-corrected chi connectivity index (χ3v) is 5.02. The molecule has 4 nitrogen and oxygen atoms in total. The van der Waals surface area contributed by atoms with Gasteiger partial charge in [-0.25, -0.2) is 0 Å². The Morgan fingerprint density at radius 1 is 1.08 bits per heavy atom. The zero-order valence-electron chi connectivity index (χ0n) is 15.9. The lowest BCUT2D eigenvalue weighted by molar-refractivity contribution is 0.591. The van der Waals surface area contributed by atoms with Gasteiger partial charge in [0.05, 0.1) is 17.3 Å². The van der Waals surface area contributed by atoms with Crippen molar-refractivity contribution in [3.05, 3.63) is 64.0 Å². The van der Waals surface area contributed by atoms with E-state index in [1.165, 1.54) is 27.9 Å². The number of aryl methyl sites for hydroxylation is 2. The van der Waals surface area contributed by atoms with Crippen LogP contribution in [0.4, 0.5) is 0 Å². The fourth-order valence-corrected chi connectivity index (χ4v) is 3.97. The monoisotopic (exact) mass is 342 g/mol. The Bertz CT molecular complexity index is 1070. The first-order valence-corrected chi connectivity index (χ1v) is 8.89. The minimum Gasteiger partial charge on any atom is -0.278 e. The van der Waals surface area contributed by atoms with Gasteiger partial charge >= 0.3 is 0 Å². The molecular formula is C22H22N4. The highest BCUT2D eigenvalue weighted by molar-refractivity contribution is 5.69. The summed E-state index contributed by atoms with van der Waals surface area (Å²) in [4.78, 5) is 0. The molecule has 0 bridgehead atoms. The first-order chi connectivity index (χ1) is 12.3. The smallest absolute Gasteiger partial charge is 0.168 e. The maximum Gasteiger partial charge on any atom is 0.168 e. The van der Waals surface area contributed by atoms with Crippen molar-refractivity contribution in [3.63, 3.8) is 0 Å². The molecule has 0 amide bonds. The minimum absolute atomic E-state index is 0.0561. The van der Waals surface area contributed by atoms with E-state index >= 15 is 0 Å². The van der Waals surface area contributed by atoms with E-state index in [4.69, 9.17) is 0 Å².